The van der Waals surface area contributed by atoms with Gasteiger partial charge in [-0.15, -0.1) is 0 Å². The number of carbonyl (C=O) groups is 1. The largest absolute Gasteiger partial charge is 0.497 e. The normalized spacial score (nSPS) is 16.1. The lowest BCUT2D eigenvalue weighted by molar-refractivity contribution is -0.127. The lowest BCUT2D eigenvalue weighted by Gasteiger charge is -2.25. The Bertz CT molecular complexity index is 1100. The molecule has 1 fully saturated rings. The minimum atomic E-state index is -0.459. The van der Waals surface area contributed by atoms with Crippen LogP contribution in [-0.4, -0.2) is 30.7 Å². The van der Waals surface area contributed by atoms with Crippen molar-refractivity contribution in [3.63, 3.8) is 0 Å². The molecule has 29 heavy (non-hydrogen) atoms. The Hall–Kier alpha value is -3.12. The van der Waals surface area contributed by atoms with Crippen molar-refractivity contribution >= 4 is 22.5 Å². The molecule has 0 unspecified atom stereocenters. The van der Waals surface area contributed by atoms with Crippen molar-refractivity contribution in [2.45, 2.75) is 32.4 Å². The van der Waals surface area contributed by atoms with Crippen molar-refractivity contribution in [2.24, 2.45) is 0 Å². The molecular weight excluding hydrogens is 368 g/mol. The van der Waals surface area contributed by atoms with Crippen LogP contribution in [0.4, 0.5) is 5.69 Å². The molecule has 0 aliphatic carbocycles. The SMILES string of the molecule is COc1ccc2cc(CN(C(=O)[C@@H]3CCCO3)c3cccc(C)c3)c(=O)[nH]c2c1. The minimum Gasteiger partial charge on any atom is -0.497 e. The number of nitrogens with one attached hydrogen (secondary N) is 1. The number of carbonyl (C=O) groups excluding carboxylic acids is 1. The van der Waals surface area contributed by atoms with Gasteiger partial charge >= 0.3 is 0 Å². The highest BCUT2D eigenvalue weighted by Gasteiger charge is 2.29. The Labute approximate surface area is 169 Å². The molecule has 150 valence electrons. The molecule has 0 radical (unpaired) electrons. The molecule has 1 aromatic heterocycles. The molecule has 1 N–H and O–H groups in total. The van der Waals surface area contributed by atoms with Crippen LogP contribution in [0.3, 0.4) is 0 Å². The topological polar surface area (TPSA) is 71.6 Å². The first-order valence-electron chi connectivity index (χ1n) is 9.75. The van der Waals surface area contributed by atoms with Crippen molar-refractivity contribution in [1.29, 1.82) is 0 Å². The summed E-state index contributed by atoms with van der Waals surface area (Å²) in [7, 11) is 1.59. The average molecular weight is 392 g/mol. The fourth-order valence-electron chi connectivity index (χ4n) is 3.68. The quantitative estimate of drug-likeness (QED) is 0.721. The fourth-order valence-corrected chi connectivity index (χ4v) is 3.68. The van der Waals surface area contributed by atoms with Gasteiger partial charge in [0.2, 0.25) is 0 Å². The first-order chi connectivity index (χ1) is 14.0. The zero-order valence-electron chi connectivity index (χ0n) is 16.6. The molecule has 1 aliphatic rings. The first-order valence-corrected chi connectivity index (χ1v) is 9.75. The van der Waals surface area contributed by atoms with Crippen LogP contribution in [0, 0.1) is 6.92 Å². The maximum atomic E-state index is 13.2. The third-order valence-electron chi connectivity index (χ3n) is 5.24. The van der Waals surface area contributed by atoms with Gasteiger partial charge in [-0.1, -0.05) is 12.1 Å². The van der Waals surface area contributed by atoms with E-state index in [9.17, 15) is 9.59 Å². The number of aromatic amines is 1. The van der Waals surface area contributed by atoms with Crippen molar-refractivity contribution in [3.8, 4) is 5.75 Å². The number of H-pyrrole nitrogens is 1. The monoisotopic (exact) mass is 392 g/mol. The second kappa shape index (κ2) is 8.09. The van der Waals surface area contributed by atoms with E-state index in [1.54, 1.807) is 18.1 Å². The Morgan fingerprint density at radius 1 is 1.24 bits per heavy atom. The molecule has 6 nitrogen and oxygen atoms in total. The summed E-state index contributed by atoms with van der Waals surface area (Å²) < 4.78 is 10.8. The Morgan fingerprint density at radius 2 is 2.10 bits per heavy atom. The fraction of sp³-hybridized carbons (Fsp3) is 0.304. The van der Waals surface area contributed by atoms with Crippen LogP contribution in [0.15, 0.2) is 53.3 Å². The minimum absolute atomic E-state index is 0.109. The Morgan fingerprint density at radius 3 is 2.83 bits per heavy atom. The molecule has 2 heterocycles. The number of pyridine rings is 1. The number of aryl methyl sites for hydroxylation is 1. The number of hydrogen-bond acceptors (Lipinski definition) is 4. The van der Waals surface area contributed by atoms with E-state index in [1.165, 1.54) is 0 Å². The number of benzene rings is 2. The number of amides is 1. The number of fused-ring (bicyclic) bond motifs is 1. The number of aromatic nitrogens is 1. The van der Waals surface area contributed by atoms with Crippen molar-refractivity contribution in [3.05, 3.63) is 70.0 Å². The van der Waals surface area contributed by atoms with E-state index >= 15 is 0 Å². The molecule has 1 aliphatic heterocycles. The molecular formula is C23H24N2O4. The zero-order valence-corrected chi connectivity index (χ0v) is 16.6. The summed E-state index contributed by atoms with van der Waals surface area (Å²) in [6.45, 7) is 2.75. The molecule has 0 spiro atoms. The third kappa shape index (κ3) is 4.03. The second-order valence-electron chi connectivity index (χ2n) is 7.34. The number of rotatable bonds is 5. The molecule has 2 aromatic carbocycles. The summed E-state index contributed by atoms with van der Waals surface area (Å²) in [5, 5.41) is 0.883. The van der Waals surface area contributed by atoms with Crippen molar-refractivity contribution in [1.82, 2.24) is 4.98 Å². The van der Waals surface area contributed by atoms with Gasteiger partial charge in [-0.3, -0.25) is 9.59 Å². The summed E-state index contributed by atoms with van der Waals surface area (Å²) in [5.74, 6) is 0.568. The highest BCUT2D eigenvalue weighted by molar-refractivity contribution is 5.96. The van der Waals surface area contributed by atoms with E-state index in [-0.39, 0.29) is 18.0 Å². The van der Waals surface area contributed by atoms with E-state index in [0.29, 0.717) is 29.9 Å². The van der Waals surface area contributed by atoms with Crippen molar-refractivity contribution in [2.75, 3.05) is 18.6 Å². The van der Waals surface area contributed by atoms with E-state index in [4.69, 9.17) is 9.47 Å². The van der Waals surface area contributed by atoms with E-state index in [1.807, 2.05) is 49.4 Å². The smallest absolute Gasteiger partial charge is 0.256 e. The van der Waals surface area contributed by atoms with Gasteiger partial charge in [-0.2, -0.15) is 0 Å². The van der Waals surface area contributed by atoms with Gasteiger partial charge in [0, 0.05) is 23.9 Å². The molecule has 1 saturated heterocycles. The number of anilines is 1. The highest BCUT2D eigenvalue weighted by Crippen LogP contribution is 2.24. The number of ether oxygens (including phenoxy) is 2. The van der Waals surface area contributed by atoms with Crippen LogP contribution in [0.2, 0.25) is 0 Å². The lowest BCUT2D eigenvalue weighted by atomic mass is 10.1. The predicted molar refractivity (Wildman–Crippen MR) is 112 cm³/mol. The Kier molecular flexibility index (Phi) is 5.36. The van der Waals surface area contributed by atoms with E-state index < -0.39 is 6.10 Å². The van der Waals surface area contributed by atoms with Crippen LogP contribution >= 0.6 is 0 Å². The lowest BCUT2D eigenvalue weighted by Crippen LogP contribution is -2.39. The summed E-state index contributed by atoms with van der Waals surface area (Å²) in [6.07, 6.45) is 1.12. The van der Waals surface area contributed by atoms with Gasteiger partial charge in [0.05, 0.1) is 19.2 Å². The second-order valence-corrected chi connectivity index (χ2v) is 7.34. The summed E-state index contributed by atoms with van der Waals surface area (Å²) in [6, 6.07) is 15.1. The van der Waals surface area contributed by atoms with Crippen LogP contribution in [0.25, 0.3) is 10.9 Å². The standard InChI is InChI=1S/C23H24N2O4/c1-15-5-3-6-18(11-15)25(23(27)21-7-4-10-29-21)14-17-12-16-8-9-19(28-2)13-20(16)24-22(17)26/h3,5-6,8-9,11-13,21H,4,7,10,14H2,1-2H3,(H,24,26)/t21-/m0/s1. The molecule has 4 rings (SSSR count). The molecule has 6 heteroatoms. The van der Waals surface area contributed by atoms with Crippen LogP contribution in [0.5, 0.6) is 5.75 Å². The number of nitrogens with zero attached hydrogens (tertiary/aromatic N) is 1. The summed E-state index contributed by atoms with van der Waals surface area (Å²) >= 11 is 0. The molecule has 1 amide bonds. The number of methoxy groups -OCH3 is 1. The van der Waals surface area contributed by atoms with Gasteiger partial charge in [0.25, 0.3) is 11.5 Å². The van der Waals surface area contributed by atoms with E-state index in [0.717, 1.165) is 23.1 Å². The third-order valence-corrected chi connectivity index (χ3v) is 5.24. The molecule has 0 bridgehead atoms. The van der Waals surface area contributed by atoms with Crippen molar-refractivity contribution < 1.29 is 14.3 Å². The van der Waals surface area contributed by atoms with Gasteiger partial charge in [-0.05, 0) is 61.0 Å². The summed E-state index contributed by atoms with van der Waals surface area (Å²) in [4.78, 5) is 30.5. The zero-order chi connectivity index (χ0) is 20.4. The number of hydrogen-bond donors (Lipinski definition) is 1. The maximum Gasteiger partial charge on any atom is 0.256 e. The van der Waals surface area contributed by atoms with Crippen LogP contribution in [0.1, 0.15) is 24.0 Å². The van der Waals surface area contributed by atoms with Crippen LogP contribution < -0.4 is 15.2 Å². The average Bonchev–Trinajstić information content (AvgIpc) is 3.26. The van der Waals surface area contributed by atoms with Gasteiger partial charge in [-0.25, -0.2) is 0 Å². The highest BCUT2D eigenvalue weighted by atomic mass is 16.5. The predicted octanol–water partition coefficient (Wildman–Crippen LogP) is 3.56. The Balaban J connectivity index is 1.72. The van der Waals surface area contributed by atoms with E-state index in [2.05, 4.69) is 4.98 Å². The summed E-state index contributed by atoms with van der Waals surface area (Å²) in [5.41, 5.74) is 2.82. The maximum absolute atomic E-state index is 13.2. The first kappa shape index (κ1) is 19.2. The molecule has 1 atom stereocenters. The van der Waals surface area contributed by atoms with Gasteiger partial charge in [0.15, 0.2) is 0 Å². The van der Waals surface area contributed by atoms with Crippen LogP contribution in [-0.2, 0) is 16.1 Å². The van der Waals surface area contributed by atoms with Gasteiger partial charge in [0.1, 0.15) is 11.9 Å². The molecule has 3 aromatic rings. The van der Waals surface area contributed by atoms with Gasteiger partial charge < -0.3 is 19.4 Å². The molecule has 0 saturated carbocycles.